The van der Waals surface area contributed by atoms with E-state index in [4.69, 9.17) is 4.74 Å². The maximum atomic E-state index is 12.2. The zero-order valence-corrected chi connectivity index (χ0v) is 14.8. The summed E-state index contributed by atoms with van der Waals surface area (Å²) in [6, 6.07) is 6.40. The number of rotatable bonds is 6. The van der Waals surface area contributed by atoms with E-state index < -0.39 is 5.97 Å². The molecule has 25 heavy (non-hydrogen) atoms. The summed E-state index contributed by atoms with van der Waals surface area (Å²) in [6.07, 6.45) is -0.175. The van der Waals surface area contributed by atoms with Crippen LogP contribution in [0.4, 0.5) is 5.69 Å². The van der Waals surface area contributed by atoms with E-state index in [1.165, 1.54) is 0 Å². The van der Waals surface area contributed by atoms with Crippen molar-refractivity contribution in [2.75, 3.05) is 44.6 Å². The molecule has 0 aliphatic carbocycles. The van der Waals surface area contributed by atoms with E-state index in [0.29, 0.717) is 30.9 Å². The Balaban J connectivity index is 1.81. The summed E-state index contributed by atoms with van der Waals surface area (Å²) in [5.74, 6) is -0.912. The summed E-state index contributed by atoms with van der Waals surface area (Å²) in [5.41, 5.74) is 0.964. The molecule has 1 aromatic rings. The maximum absolute atomic E-state index is 12.2. The van der Waals surface area contributed by atoms with Crippen molar-refractivity contribution in [3.63, 3.8) is 0 Å². The number of amides is 2. The van der Waals surface area contributed by atoms with Crippen LogP contribution in [0.15, 0.2) is 24.3 Å². The van der Waals surface area contributed by atoms with Gasteiger partial charge in [0.25, 0.3) is 0 Å². The van der Waals surface area contributed by atoms with E-state index in [1.807, 2.05) is 0 Å². The Morgan fingerprint density at radius 3 is 2.24 bits per heavy atom. The lowest BCUT2D eigenvalue weighted by molar-refractivity contribution is -0.136. The number of nitrogens with zero attached hydrogens (tertiary/aromatic N) is 2. The van der Waals surface area contributed by atoms with E-state index in [-0.39, 0.29) is 18.2 Å². The molecular weight excluding hydrogens is 322 g/mol. The van der Waals surface area contributed by atoms with Crippen molar-refractivity contribution >= 4 is 23.5 Å². The van der Waals surface area contributed by atoms with Gasteiger partial charge in [0.1, 0.15) is 6.42 Å². The van der Waals surface area contributed by atoms with Crippen molar-refractivity contribution in [2.45, 2.75) is 20.3 Å². The highest BCUT2D eigenvalue weighted by Crippen LogP contribution is 2.11. The van der Waals surface area contributed by atoms with E-state index in [9.17, 15) is 14.4 Å². The van der Waals surface area contributed by atoms with Crippen molar-refractivity contribution in [1.29, 1.82) is 0 Å². The molecule has 0 aromatic heterocycles. The van der Waals surface area contributed by atoms with Gasteiger partial charge in [0.2, 0.25) is 11.8 Å². The van der Waals surface area contributed by atoms with Gasteiger partial charge in [-0.2, -0.15) is 0 Å². The number of hydrogen-bond acceptors (Lipinski definition) is 5. The smallest absolute Gasteiger partial charge is 0.338 e. The van der Waals surface area contributed by atoms with Crippen LogP contribution in [0.5, 0.6) is 0 Å². The minimum atomic E-state index is -0.401. The number of hydrogen-bond donors (Lipinski definition) is 1. The number of benzene rings is 1. The Kier molecular flexibility index (Phi) is 6.94. The molecule has 7 nitrogen and oxygen atoms in total. The van der Waals surface area contributed by atoms with Crippen LogP contribution in [-0.4, -0.2) is 66.9 Å². The summed E-state index contributed by atoms with van der Waals surface area (Å²) in [7, 11) is 0. The zero-order valence-electron chi connectivity index (χ0n) is 14.8. The van der Waals surface area contributed by atoms with E-state index in [0.717, 1.165) is 19.6 Å². The SMILES string of the molecule is CCOC(=O)c1ccc(NC(=O)CC(=O)N2CCN(CC)CC2)cc1. The molecule has 0 unspecified atom stereocenters. The number of esters is 1. The minimum absolute atomic E-state index is 0.156. The summed E-state index contributed by atoms with van der Waals surface area (Å²) >= 11 is 0. The van der Waals surface area contributed by atoms with Crippen LogP contribution in [0, 0.1) is 0 Å². The molecule has 0 spiro atoms. The van der Waals surface area contributed by atoms with Gasteiger partial charge in [0.15, 0.2) is 0 Å². The highest BCUT2D eigenvalue weighted by molar-refractivity contribution is 6.03. The molecule has 0 bridgehead atoms. The number of piperazine rings is 1. The van der Waals surface area contributed by atoms with Crippen LogP contribution >= 0.6 is 0 Å². The normalized spacial score (nSPS) is 14.9. The molecule has 1 aliphatic heterocycles. The standard InChI is InChI=1S/C18H25N3O4/c1-3-20-9-11-21(12-10-20)17(23)13-16(22)19-15-7-5-14(6-8-15)18(24)25-4-2/h5-8H,3-4,9-13H2,1-2H3,(H,19,22). The van der Waals surface area contributed by atoms with Crippen molar-refractivity contribution in [2.24, 2.45) is 0 Å². The number of likely N-dealkylation sites (N-methyl/N-ethyl adjacent to an activating group) is 1. The van der Waals surface area contributed by atoms with Gasteiger partial charge in [-0.25, -0.2) is 4.79 Å². The van der Waals surface area contributed by atoms with Crippen molar-refractivity contribution in [1.82, 2.24) is 9.80 Å². The number of carbonyl (C=O) groups is 3. The van der Waals surface area contributed by atoms with Gasteiger partial charge in [-0.15, -0.1) is 0 Å². The molecule has 136 valence electrons. The third-order valence-electron chi connectivity index (χ3n) is 4.16. The van der Waals surface area contributed by atoms with Gasteiger partial charge in [-0.3, -0.25) is 9.59 Å². The van der Waals surface area contributed by atoms with Crippen molar-refractivity contribution in [3.05, 3.63) is 29.8 Å². The van der Waals surface area contributed by atoms with Gasteiger partial charge in [0, 0.05) is 31.9 Å². The molecule has 2 rings (SSSR count). The Hall–Kier alpha value is -2.41. The lowest BCUT2D eigenvalue weighted by atomic mass is 10.2. The second kappa shape index (κ2) is 9.17. The summed E-state index contributed by atoms with van der Waals surface area (Å²) in [4.78, 5) is 39.8. The second-order valence-electron chi connectivity index (χ2n) is 5.84. The first-order valence-electron chi connectivity index (χ1n) is 8.60. The minimum Gasteiger partial charge on any atom is -0.462 e. The lowest BCUT2D eigenvalue weighted by Crippen LogP contribution is -2.49. The Morgan fingerprint density at radius 1 is 1.04 bits per heavy atom. The Labute approximate surface area is 147 Å². The molecule has 7 heteroatoms. The van der Waals surface area contributed by atoms with Gasteiger partial charge in [0.05, 0.1) is 12.2 Å². The topological polar surface area (TPSA) is 78.9 Å². The predicted molar refractivity (Wildman–Crippen MR) is 94.3 cm³/mol. The maximum Gasteiger partial charge on any atom is 0.338 e. The Morgan fingerprint density at radius 2 is 1.68 bits per heavy atom. The Bertz CT molecular complexity index is 607. The molecule has 0 saturated carbocycles. The number of anilines is 1. The fourth-order valence-corrected chi connectivity index (χ4v) is 2.67. The fraction of sp³-hybridized carbons (Fsp3) is 0.500. The monoisotopic (exact) mass is 347 g/mol. The van der Waals surface area contributed by atoms with Crippen molar-refractivity contribution in [3.8, 4) is 0 Å². The van der Waals surface area contributed by atoms with Crippen LogP contribution < -0.4 is 5.32 Å². The first-order valence-corrected chi connectivity index (χ1v) is 8.60. The van der Waals surface area contributed by atoms with E-state index in [2.05, 4.69) is 17.1 Å². The van der Waals surface area contributed by atoms with Gasteiger partial charge >= 0.3 is 5.97 Å². The molecule has 1 aromatic carbocycles. The predicted octanol–water partition coefficient (Wildman–Crippen LogP) is 1.36. The van der Waals surface area contributed by atoms with Crippen molar-refractivity contribution < 1.29 is 19.1 Å². The average Bonchev–Trinajstić information content (AvgIpc) is 2.62. The van der Waals surface area contributed by atoms with Gasteiger partial charge < -0.3 is 19.9 Å². The first-order chi connectivity index (χ1) is 12.0. The molecular formula is C18H25N3O4. The lowest BCUT2D eigenvalue weighted by Gasteiger charge is -2.33. The van der Waals surface area contributed by atoms with Crippen LogP contribution in [0.25, 0.3) is 0 Å². The molecule has 1 fully saturated rings. The highest BCUT2D eigenvalue weighted by atomic mass is 16.5. The molecule has 1 N–H and O–H groups in total. The van der Waals surface area contributed by atoms with Crippen LogP contribution in [0.3, 0.4) is 0 Å². The summed E-state index contributed by atoms with van der Waals surface area (Å²) < 4.78 is 4.90. The van der Waals surface area contributed by atoms with E-state index in [1.54, 1.807) is 36.1 Å². The van der Waals surface area contributed by atoms with Crippen LogP contribution in [-0.2, 0) is 14.3 Å². The molecule has 1 heterocycles. The van der Waals surface area contributed by atoms with E-state index >= 15 is 0 Å². The number of nitrogens with one attached hydrogen (secondary N) is 1. The van der Waals surface area contributed by atoms with Gasteiger partial charge in [-0.1, -0.05) is 6.92 Å². The van der Waals surface area contributed by atoms with Crippen LogP contribution in [0.1, 0.15) is 30.6 Å². The number of carbonyl (C=O) groups excluding carboxylic acids is 3. The molecule has 0 radical (unpaired) electrons. The molecule has 2 amide bonds. The molecule has 1 aliphatic rings. The third kappa shape index (κ3) is 5.56. The average molecular weight is 347 g/mol. The van der Waals surface area contributed by atoms with Crippen LogP contribution in [0.2, 0.25) is 0 Å². The second-order valence-corrected chi connectivity index (χ2v) is 5.84. The largest absolute Gasteiger partial charge is 0.462 e. The third-order valence-corrected chi connectivity index (χ3v) is 4.16. The highest BCUT2D eigenvalue weighted by Gasteiger charge is 2.22. The zero-order chi connectivity index (χ0) is 18.2. The quantitative estimate of drug-likeness (QED) is 0.621. The molecule has 0 atom stereocenters. The summed E-state index contributed by atoms with van der Waals surface area (Å²) in [6.45, 7) is 8.14. The first kappa shape index (κ1) is 18.9. The summed E-state index contributed by atoms with van der Waals surface area (Å²) in [5, 5.41) is 2.68. The fourth-order valence-electron chi connectivity index (χ4n) is 2.67. The molecule has 1 saturated heterocycles. The van der Waals surface area contributed by atoms with Gasteiger partial charge in [-0.05, 0) is 37.7 Å². The number of ether oxygens (including phenoxy) is 1.